The lowest BCUT2D eigenvalue weighted by molar-refractivity contribution is 0.0946. The zero-order chi connectivity index (χ0) is 16.2. The van der Waals surface area contributed by atoms with Crippen LogP contribution in [0.3, 0.4) is 0 Å². The van der Waals surface area contributed by atoms with Gasteiger partial charge in [0.15, 0.2) is 0 Å². The molecule has 0 spiro atoms. The molecule has 1 aliphatic carbocycles. The number of nitrogens with zero attached hydrogens (tertiary/aromatic N) is 1. The minimum atomic E-state index is -0.283. The van der Waals surface area contributed by atoms with Gasteiger partial charge in [0.25, 0.3) is 11.8 Å². The number of carbonyl (C=O) groups excluding carboxylic acids is 2. The van der Waals surface area contributed by atoms with Crippen molar-refractivity contribution in [2.75, 3.05) is 0 Å². The van der Waals surface area contributed by atoms with Crippen LogP contribution in [0.1, 0.15) is 44.8 Å². The van der Waals surface area contributed by atoms with Gasteiger partial charge in [0, 0.05) is 24.3 Å². The summed E-state index contributed by atoms with van der Waals surface area (Å²) in [5.41, 5.74) is 2.90. The Kier molecular flexibility index (Phi) is 4.37. The topological polar surface area (TPSA) is 71.1 Å². The summed E-state index contributed by atoms with van der Waals surface area (Å²) in [6, 6.07) is 11.3. The maximum absolute atomic E-state index is 12.2. The molecule has 5 nitrogen and oxygen atoms in total. The molecule has 1 fully saturated rings. The van der Waals surface area contributed by atoms with Gasteiger partial charge in [-0.05, 0) is 43.0 Å². The molecular formula is C18H19N3O2. The Labute approximate surface area is 135 Å². The lowest BCUT2D eigenvalue weighted by atomic mass is 10.1. The van der Waals surface area contributed by atoms with Gasteiger partial charge in [-0.25, -0.2) is 0 Å². The number of hydrogen-bond donors (Lipinski definition) is 2. The molecule has 1 aromatic carbocycles. The van der Waals surface area contributed by atoms with Gasteiger partial charge >= 0.3 is 0 Å². The van der Waals surface area contributed by atoms with Gasteiger partial charge in [-0.15, -0.1) is 0 Å². The van der Waals surface area contributed by atoms with Crippen molar-refractivity contribution in [3.63, 3.8) is 0 Å². The first-order valence-corrected chi connectivity index (χ1v) is 7.73. The van der Waals surface area contributed by atoms with Crippen LogP contribution in [0.4, 0.5) is 0 Å². The first-order chi connectivity index (χ1) is 11.1. The molecule has 1 saturated carbocycles. The normalized spacial score (nSPS) is 13.4. The quantitative estimate of drug-likeness (QED) is 0.889. The highest BCUT2D eigenvalue weighted by molar-refractivity contribution is 5.98. The molecule has 0 radical (unpaired) electrons. The maximum Gasteiger partial charge on any atom is 0.270 e. The lowest BCUT2D eigenvalue weighted by Crippen LogP contribution is -2.27. The Morgan fingerprint density at radius 3 is 2.70 bits per heavy atom. The zero-order valence-corrected chi connectivity index (χ0v) is 13.0. The second-order valence-corrected chi connectivity index (χ2v) is 5.79. The Bertz CT molecular complexity index is 739. The Balaban J connectivity index is 1.65. The van der Waals surface area contributed by atoms with E-state index in [0.717, 1.165) is 24.0 Å². The standard InChI is InChI=1S/C18H19N3O2/c1-12-4-2-3-5-14(12)11-20-18(23)16-10-13(8-9-19-16)17(22)21-15-6-7-15/h2-5,8-10,15H,6-7,11H2,1H3,(H,20,23)(H,21,22). The summed E-state index contributed by atoms with van der Waals surface area (Å²) >= 11 is 0. The molecule has 0 unspecified atom stereocenters. The Morgan fingerprint density at radius 1 is 1.17 bits per heavy atom. The van der Waals surface area contributed by atoms with Crippen molar-refractivity contribution < 1.29 is 9.59 Å². The van der Waals surface area contributed by atoms with Crippen molar-refractivity contribution in [1.82, 2.24) is 15.6 Å². The van der Waals surface area contributed by atoms with Crippen molar-refractivity contribution in [3.8, 4) is 0 Å². The number of aromatic nitrogens is 1. The minimum Gasteiger partial charge on any atom is -0.349 e. The number of pyridine rings is 1. The van der Waals surface area contributed by atoms with Gasteiger partial charge in [0.2, 0.25) is 0 Å². The Morgan fingerprint density at radius 2 is 1.96 bits per heavy atom. The molecule has 0 aliphatic heterocycles. The van der Waals surface area contributed by atoms with E-state index in [1.54, 1.807) is 6.07 Å². The van der Waals surface area contributed by atoms with Crippen molar-refractivity contribution in [1.29, 1.82) is 0 Å². The largest absolute Gasteiger partial charge is 0.349 e. The molecule has 2 aromatic rings. The molecule has 0 saturated heterocycles. The molecule has 0 bridgehead atoms. The second kappa shape index (κ2) is 6.60. The van der Waals surface area contributed by atoms with Crippen LogP contribution in [0.15, 0.2) is 42.6 Å². The van der Waals surface area contributed by atoms with Crippen LogP contribution in [-0.2, 0) is 6.54 Å². The van der Waals surface area contributed by atoms with E-state index in [2.05, 4.69) is 15.6 Å². The first-order valence-electron chi connectivity index (χ1n) is 7.73. The highest BCUT2D eigenvalue weighted by atomic mass is 16.2. The molecule has 1 aromatic heterocycles. The third kappa shape index (κ3) is 3.94. The van der Waals surface area contributed by atoms with E-state index in [0.29, 0.717) is 12.1 Å². The van der Waals surface area contributed by atoms with Crippen LogP contribution in [0, 0.1) is 6.92 Å². The number of nitrogens with one attached hydrogen (secondary N) is 2. The summed E-state index contributed by atoms with van der Waals surface area (Å²) in [6.45, 7) is 2.44. The molecule has 2 N–H and O–H groups in total. The van der Waals surface area contributed by atoms with Gasteiger partial charge in [0.05, 0.1) is 0 Å². The van der Waals surface area contributed by atoms with Gasteiger partial charge in [-0.1, -0.05) is 24.3 Å². The summed E-state index contributed by atoms with van der Waals surface area (Å²) < 4.78 is 0. The molecule has 1 aliphatic rings. The second-order valence-electron chi connectivity index (χ2n) is 5.79. The van der Waals surface area contributed by atoms with E-state index in [1.165, 1.54) is 12.3 Å². The summed E-state index contributed by atoms with van der Waals surface area (Å²) in [5.74, 6) is -0.433. The average molecular weight is 309 g/mol. The monoisotopic (exact) mass is 309 g/mol. The maximum atomic E-state index is 12.2. The van der Waals surface area contributed by atoms with Crippen LogP contribution < -0.4 is 10.6 Å². The fourth-order valence-electron chi connectivity index (χ4n) is 2.27. The van der Waals surface area contributed by atoms with Crippen LogP contribution >= 0.6 is 0 Å². The zero-order valence-electron chi connectivity index (χ0n) is 13.0. The molecule has 2 amide bonds. The van der Waals surface area contributed by atoms with Gasteiger partial charge in [0.1, 0.15) is 5.69 Å². The van der Waals surface area contributed by atoms with E-state index >= 15 is 0 Å². The SMILES string of the molecule is Cc1ccccc1CNC(=O)c1cc(C(=O)NC2CC2)ccn1. The molecule has 23 heavy (non-hydrogen) atoms. The van der Waals surface area contributed by atoms with E-state index in [9.17, 15) is 9.59 Å². The minimum absolute atomic E-state index is 0.150. The van der Waals surface area contributed by atoms with Gasteiger partial charge in [-0.3, -0.25) is 14.6 Å². The number of carbonyl (C=O) groups is 2. The molecule has 5 heteroatoms. The fourth-order valence-corrected chi connectivity index (χ4v) is 2.27. The molecule has 0 atom stereocenters. The number of rotatable bonds is 5. The average Bonchev–Trinajstić information content (AvgIpc) is 3.38. The summed E-state index contributed by atoms with van der Waals surface area (Å²) in [4.78, 5) is 28.3. The van der Waals surface area contributed by atoms with E-state index in [-0.39, 0.29) is 23.6 Å². The summed E-state index contributed by atoms with van der Waals surface area (Å²) in [6.07, 6.45) is 3.55. The van der Waals surface area contributed by atoms with E-state index in [1.807, 2.05) is 31.2 Å². The van der Waals surface area contributed by atoms with Gasteiger partial charge < -0.3 is 10.6 Å². The van der Waals surface area contributed by atoms with Crippen LogP contribution in [0.2, 0.25) is 0 Å². The van der Waals surface area contributed by atoms with Crippen LogP contribution in [0.25, 0.3) is 0 Å². The third-order valence-corrected chi connectivity index (χ3v) is 3.87. The molecule has 3 rings (SSSR count). The molecule has 1 heterocycles. The smallest absolute Gasteiger partial charge is 0.270 e. The number of hydrogen-bond acceptors (Lipinski definition) is 3. The van der Waals surface area contributed by atoms with Crippen molar-refractivity contribution in [3.05, 3.63) is 65.0 Å². The fraction of sp³-hybridized carbons (Fsp3) is 0.278. The van der Waals surface area contributed by atoms with Crippen molar-refractivity contribution >= 4 is 11.8 Å². The molecule has 118 valence electrons. The third-order valence-electron chi connectivity index (χ3n) is 3.87. The van der Waals surface area contributed by atoms with E-state index < -0.39 is 0 Å². The van der Waals surface area contributed by atoms with Gasteiger partial charge in [-0.2, -0.15) is 0 Å². The number of aryl methyl sites for hydroxylation is 1. The summed E-state index contributed by atoms with van der Waals surface area (Å²) in [7, 11) is 0. The van der Waals surface area contributed by atoms with Crippen molar-refractivity contribution in [2.24, 2.45) is 0 Å². The Hall–Kier alpha value is -2.69. The lowest BCUT2D eigenvalue weighted by Gasteiger charge is -2.08. The van der Waals surface area contributed by atoms with Crippen LogP contribution in [-0.4, -0.2) is 22.8 Å². The predicted molar refractivity (Wildman–Crippen MR) is 87.1 cm³/mol. The number of amides is 2. The highest BCUT2D eigenvalue weighted by Gasteiger charge is 2.24. The van der Waals surface area contributed by atoms with E-state index in [4.69, 9.17) is 0 Å². The number of benzene rings is 1. The van der Waals surface area contributed by atoms with Crippen LogP contribution in [0.5, 0.6) is 0 Å². The molecular weight excluding hydrogens is 290 g/mol. The highest BCUT2D eigenvalue weighted by Crippen LogP contribution is 2.19. The van der Waals surface area contributed by atoms with Crippen molar-refractivity contribution in [2.45, 2.75) is 32.4 Å². The predicted octanol–water partition coefficient (Wildman–Crippen LogP) is 2.21. The first kappa shape index (κ1) is 15.2. The summed E-state index contributed by atoms with van der Waals surface area (Å²) in [5, 5.41) is 5.75.